The summed E-state index contributed by atoms with van der Waals surface area (Å²) in [7, 11) is 0. The van der Waals surface area contributed by atoms with Gasteiger partial charge in [0.05, 0.1) is 6.61 Å². The Morgan fingerprint density at radius 1 is 1.09 bits per heavy atom. The minimum Gasteiger partial charge on any atom is -0.494 e. The molecule has 0 aliphatic heterocycles. The van der Waals surface area contributed by atoms with Crippen LogP contribution in [-0.2, 0) is 13.2 Å². The van der Waals surface area contributed by atoms with Gasteiger partial charge in [0, 0.05) is 6.54 Å². The van der Waals surface area contributed by atoms with Crippen LogP contribution in [-0.4, -0.2) is 21.6 Å². The summed E-state index contributed by atoms with van der Waals surface area (Å²) in [5.74, 6) is 1.53. The lowest BCUT2D eigenvalue weighted by molar-refractivity contribution is 0.289. The standard InChI is InChI=1S/C17H22N4O2/c1-3-5-6-11-21-17(16(12-18)19-20-21)13-23-15-9-7-14(8-10-15)22-4-2/h7-10H,3-6,11,13H2,1-2H3. The van der Waals surface area contributed by atoms with Crippen molar-refractivity contribution in [3.63, 3.8) is 0 Å². The second-order valence-corrected chi connectivity index (χ2v) is 5.12. The molecule has 122 valence electrons. The molecule has 0 fully saturated rings. The van der Waals surface area contributed by atoms with Crippen LogP contribution >= 0.6 is 0 Å². The van der Waals surface area contributed by atoms with Crippen LogP contribution in [0.15, 0.2) is 24.3 Å². The Labute approximate surface area is 136 Å². The van der Waals surface area contributed by atoms with E-state index >= 15 is 0 Å². The highest BCUT2D eigenvalue weighted by Gasteiger charge is 2.13. The fourth-order valence-corrected chi connectivity index (χ4v) is 2.20. The molecule has 1 aromatic carbocycles. The number of hydrogen-bond acceptors (Lipinski definition) is 5. The van der Waals surface area contributed by atoms with E-state index in [9.17, 15) is 0 Å². The highest BCUT2D eigenvalue weighted by atomic mass is 16.5. The molecule has 23 heavy (non-hydrogen) atoms. The van der Waals surface area contributed by atoms with Gasteiger partial charge in [-0.2, -0.15) is 5.26 Å². The third kappa shape index (κ3) is 4.71. The zero-order valence-electron chi connectivity index (χ0n) is 13.7. The van der Waals surface area contributed by atoms with Crippen LogP contribution in [0, 0.1) is 11.3 Å². The van der Waals surface area contributed by atoms with Crippen LogP contribution in [0.4, 0.5) is 0 Å². The molecule has 0 saturated carbocycles. The maximum absolute atomic E-state index is 9.16. The number of rotatable bonds is 9. The number of benzene rings is 1. The molecule has 1 aromatic heterocycles. The normalized spacial score (nSPS) is 10.3. The van der Waals surface area contributed by atoms with Crippen LogP contribution in [0.25, 0.3) is 0 Å². The summed E-state index contributed by atoms with van der Waals surface area (Å²) in [6.45, 7) is 5.76. The fraction of sp³-hybridized carbons (Fsp3) is 0.471. The quantitative estimate of drug-likeness (QED) is 0.664. The Hall–Kier alpha value is -2.55. The van der Waals surface area contributed by atoms with E-state index in [1.54, 1.807) is 4.68 Å². The largest absolute Gasteiger partial charge is 0.494 e. The zero-order chi connectivity index (χ0) is 16.5. The van der Waals surface area contributed by atoms with E-state index in [4.69, 9.17) is 14.7 Å². The zero-order valence-corrected chi connectivity index (χ0v) is 13.7. The minimum absolute atomic E-state index is 0.274. The van der Waals surface area contributed by atoms with E-state index in [2.05, 4.69) is 23.3 Å². The van der Waals surface area contributed by atoms with Gasteiger partial charge in [0.15, 0.2) is 5.69 Å². The molecule has 2 rings (SSSR count). The molecule has 6 heteroatoms. The number of nitriles is 1. The number of aryl methyl sites for hydroxylation is 1. The van der Waals surface area contributed by atoms with Gasteiger partial charge in [-0.05, 0) is 37.6 Å². The number of unbranched alkanes of at least 4 members (excludes halogenated alkanes) is 2. The Morgan fingerprint density at radius 2 is 1.78 bits per heavy atom. The predicted octanol–water partition coefficient (Wildman–Crippen LogP) is 3.32. The van der Waals surface area contributed by atoms with E-state index in [1.165, 1.54) is 0 Å². The summed E-state index contributed by atoms with van der Waals surface area (Å²) in [5.41, 5.74) is 1.05. The van der Waals surface area contributed by atoms with E-state index in [0.29, 0.717) is 12.3 Å². The second kappa shape index (κ2) is 8.79. The van der Waals surface area contributed by atoms with E-state index in [-0.39, 0.29) is 6.61 Å². The number of hydrogen-bond donors (Lipinski definition) is 0. The van der Waals surface area contributed by atoms with Gasteiger partial charge in [-0.1, -0.05) is 25.0 Å². The number of aromatic nitrogens is 3. The van der Waals surface area contributed by atoms with Gasteiger partial charge in [-0.25, -0.2) is 4.68 Å². The molecule has 0 saturated heterocycles. The lowest BCUT2D eigenvalue weighted by Gasteiger charge is -2.09. The predicted molar refractivity (Wildman–Crippen MR) is 86.2 cm³/mol. The van der Waals surface area contributed by atoms with Gasteiger partial charge in [0.25, 0.3) is 0 Å². The van der Waals surface area contributed by atoms with Crippen molar-refractivity contribution in [2.75, 3.05) is 6.61 Å². The van der Waals surface area contributed by atoms with Crippen molar-refractivity contribution >= 4 is 0 Å². The minimum atomic E-state index is 0.274. The van der Waals surface area contributed by atoms with Crippen molar-refractivity contribution in [3.05, 3.63) is 35.7 Å². The molecular formula is C17H22N4O2. The molecule has 0 amide bonds. The van der Waals surface area contributed by atoms with Crippen LogP contribution in [0.2, 0.25) is 0 Å². The van der Waals surface area contributed by atoms with Gasteiger partial charge < -0.3 is 9.47 Å². The van der Waals surface area contributed by atoms with Gasteiger partial charge in [-0.15, -0.1) is 5.10 Å². The molecule has 1 heterocycles. The lowest BCUT2D eigenvalue weighted by atomic mass is 10.2. The Morgan fingerprint density at radius 3 is 2.39 bits per heavy atom. The molecule has 0 unspecified atom stereocenters. The molecule has 0 atom stereocenters. The first-order valence-electron chi connectivity index (χ1n) is 7.96. The monoisotopic (exact) mass is 314 g/mol. The first kappa shape index (κ1) is 16.8. The van der Waals surface area contributed by atoms with Crippen molar-refractivity contribution in [3.8, 4) is 17.6 Å². The molecule has 6 nitrogen and oxygen atoms in total. The summed E-state index contributed by atoms with van der Waals surface area (Å²) in [6, 6.07) is 9.50. The van der Waals surface area contributed by atoms with Crippen LogP contribution < -0.4 is 9.47 Å². The smallest absolute Gasteiger partial charge is 0.189 e. The topological polar surface area (TPSA) is 73.0 Å². The Balaban J connectivity index is 2.01. The average molecular weight is 314 g/mol. The van der Waals surface area contributed by atoms with Crippen molar-refractivity contribution in [1.82, 2.24) is 15.0 Å². The number of ether oxygens (including phenoxy) is 2. The van der Waals surface area contributed by atoms with Gasteiger partial charge in [0.2, 0.25) is 0 Å². The van der Waals surface area contributed by atoms with E-state index < -0.39 is 0 Å². The molecule has 0 radical (unpaired) electrons. The summed E-state index contributed by atoms with van der Waals surface area (Å²) >= 11 is 0. The van der Waals surface area contributed by atoms with Crippen molar-refractivity contribution < 1.29 is 9.47 Å². The summed E-state index contributed by atoms with van der Waals surface area (Å²) in [6.07, 6.45) is 3.28. The molecule has 0 aliphatic carbocycles. The average Bonchev–Trinajstić information content (AvgIpc) is 2.97. The van der Waals surface area contributed by atoms with Crippen LogP contribution in [0.3, 0.4) is 0 Å². The first-order valence-corrected chi connectivity index (χ1v) is 7.96. The maximum atomic E-state index is 9.16. The highest BCUT2D eigenvalue weighted by Crippen LogP contribution is 2.19. The Kier molecular flexibility index (Phi) is 6.42. The third-order valence-corrected chi connectivity index (χ3v) is 3.43. The van der Waals surface area contributed by atoms with Crippen molar-refractivity contribution in [2.24, 2.45) is 0 Å². The van der Waals surface area contributed by atoms with E-state index in [1.807, 2.05) is 31.2 Å². The van der Waals surface area contributed by atoms with Crippen LogP contribution in [0.1, 0.15) is 44.5 Å². The van der Waals surface area contributed by atoms with E-state index in [0.717, 1.165) is 43.0 Å². The van der Waals surface area contributed by atoms with Crippen LogP contribution in [0.5, 0.6) is 11.5 Å². The number of nitrogens with zero attached hydrogens (tertiary/aromatic N) is 4. The molecule has 0 N–H and O–H groups in total. The van der Waals surface area contributed by atoms with Crippen molar-refractivity contribution in [1.29, 1.82) is 5.26 Å². The first-order chi connectivity index (χ1) is 11.3. The molecule has 0 spiro atoms. The fourth-order valence-electron chi connectivity index (χ4n) is 2.20. The van der Waals surface area contributed by atoms with Gasteiger partial charge in [-0.3, -0.25) is 0 Å². The molecule has 0 aliphatic rings. The summed E-state index contributed by atoms with van der Waals surface area (Å²) in [4.78, 5) is 0. The summed E-state index contributed by atoms with van der Waals surface area (Å²) in [5, 5.41) is 17.1. The Bertz CT molecular complexity index is 644. The SMILES string of the molecule is CCCCCn1nnc(C#N)c1COc1ccc(OCC)cc1. The maximum Gasteiger partial charge on any atom is 0.189 e. The van der Waals surface area contributed by atoms with Gasteiger partial charge >= 0.3 is 0 Å². The highest BCUT2D eigenvalue weighted by molar-refractivity contribution is 5.32. The molecular weight excluding hydrogens is 292 g/mol. The second-order valence-electron chi connectivity index (χ2n) is 5.12. The molecule has 0 bridgehead atoms. The third-order valence-electron chi connectivity index (χ3n) is 3.43. The molecule has 2 aromatic rings. The lowest BCUT2D eigenvalue weighted by Crippen LogP contribution is -2.09. The van der Waals surface area contributed by atoms with Gasteiger partial charge in [0.1, 0.15) is 29.9 Å². The summed E-state index contributed by atoms with van der Waals surface area (Å²) < 4.78 is 12.9. The van der Waals surface area contributed by atoms with Crippen molar-refractivity contribution in [2.45, 2.75) is 46.3 Å².